The van der Waals surface area contributed by atoms with E-state index in [1.807, 2.05) is 34.8 Å². The number of unbranched alkanes of at least 4 members (excludes halogenated alkanes) is 9. The third-order valence-corrected chi connectivity index (χ3v) is 15.7. The molecule has 0 unspecified atom stereocenters. The lowest BCUT2D eigenvalue weighted by Gasteiger charge is -2.06. The molecule has 0 fully saturated rings. The number of rotatable bonds is 22. The van der Waals surface area contributed by atoms with E-state index in [0.29, 0.717) is 0 Å². The van der Waals surface area contributed by atoms with Crippen LogP contribution >= 0.6 is 34.0 Å². The molecule has 0 atom stereocenters. The Bertz CT molecular complexity index is 2420. The second kappa shape index (κ2) is 20.3. The average molecular weight is 828 g/mol. The second-order valence-corrected chi connectivity index (χ2v) is 19.1. The van der Waals surface area contributed by atoms with Gasteiger partial charge in [0.15, 0.2) is 6.29 Å². The number of hydrogen-bond acceptors (Lipinski definition) is 5. The quantitative estimate of drug-likeness (QED) is 0.0503. The van der Waals surface area contributed by atoms with E-state index in [1.165, 1.54) is 150 Å². The van der Waals surface area contributed by atoms with Gasteiger partial charge in [0.2, 0.25) is 0 Å². The van der Waals surface area contributed by atoms with Crippen LogP contribution in [-0.4, -0.2) is 18.0 Å². The van der Waals surface area contributed by atoms with Crippen molar-refractivity contribution in [2.75, 3.05) is 7.11 Å². The Morgan fingerprint density at radius 3 is 1.55 bits per heavy atom. The smallest absolute Gasteiger partial charge is 0.160 e. The SMILES string of the molecule is CCCCCCc1cc(-c2sc(-c3sc(-c4ccc5c(c4)c4cc(-c6ccc(OC)cc6)ccc4n5CC)cc3CCCCCC)cc2CCCCCC)sc1C=O. The van der Waals surface area contributed by atoms with Gasteiger partial charge in [0, 0.05) is 52.7 Å². The normalized spacial score (nSPS) is 11.7. The zero-order valence-electron chi connectivity index (χ0n) is 35.4. The van der Waals surface area contributed by atoms with Crippen LogP contribution in [0.1, 0.15) is 131 Å². The standard InChI is InChI=1S/C52H61NO2S3/c1-6-10-13-16-19-38-32-48(56-50(38)35-54)51-41(21-18-15-12-8-3)34-49(58-51)52-40(20-17-14-11-7-2)33-47(57-52)39-25-29-46-44(31-39)43-30-37(24-28-45(43)53(46)9-4)36-22-26-42(55-5)27-23-36/h22-35H,6-21H2,1-5H3. The van der Waals surface area contributed by atoms with E-state index in [0.717, 1.165) is 49.1 Å². The van der Waals surface area contributed by atoms with Crippen LogP contribution in [0.15, 0.2) is 78.9 Å². The molecule has 3 nitrogen and oxygen atoms in total. The van der Waals surface area contributed by atoms with Gasteiger partial charge in [-0.2, -0.15) is 0 Å². The Labute approximate surface area is 359 Å². The van der Waals surface area contributed by atoms with Crippen molar-refractivity contribution in [3.63, 3.8) is 0 Å². The predicted molar refractivity (Wildman–Crippen MR) is 256 cm³/mol. The molecule has 7 rings (SSSR count). The first-order chi connectivity index (χ1) is 28.5. The molecule has 0 saturated carbocycles. The molecule has 7 aromatic rings. The van der Waals surface area contributed by atoms with E-state index in [9.17, 15) is 4.79 Å². The maximum Gasteiger partial charge on any atom is 0.160 e. The minimum atomic E-state index is 0.875. The number of methoxy groups -OCH3 is 1. The lowest BCUT2D eigenvalue weighted by atomic mass is 10.0. The van der Waals surface area contributed by atoms with Crippen molar-refractivity contribution in [3.8, 4) is 46.8 Å². The van der Waals surface area contributed by atoms with E-state index in [4.69, 9.17) is 4.74 Å². The highest BCUT2D eigenvalue weighted by Crippen LogP contribution is 2.48. The van der Waals surface area contributed by atoms with E-state index in [2.05, 4.69) is 99.0 Å². The van der Waals surface area contributed by atoms with Crippen LogP contribution in [0.5, 0.6) is 5.75 Å². The molecule has 3 aromatic carbocycles. The molecule has 4 heterocycles. The third kappa shape index (κ3) is 9.40. The van der Waals surface area contributed by atoms with Gasteiger partial charge in [0.1, 0.15) is 5.75 Å². The van der Waals surface area contributed by atoms with Gasteiger partial charge in [-0.05, 0) is 133 Å². The Morgan fingerprint density at radius 1 is 0.517 bits per heavy atom. The van der Waals surface area contributed by atoms with Gasteiger partial charge in [-0.1, -0.05) is 103 Å². The highest BCUT2D eigenvalue weighted by molar-refractivity contribution is 7.27. The van der Waals surface area contributed by atoms with Gasteiger partial charge in [-0.25, -0.2) is 0 Å². The number of carbonyl (C=O) groups is 1. The fraction of sp³-hybridized carbons (Fsp3) is 0.404. The maximum atomic E-state index is 12.3. The summed E-state index contributed by atoms with van der Waals surface area (Å²) in [5.41, 5.74) is 10.5. The van der Waals surface area contributed by atoms with Crippen molar-refractivity contribution < 1.29 is 9.53 Å². The van der Waals surface area contributed by atoms with Crippen LogP contribution in [0.3, 0.4) is 0 Å². The van der Waals surface area contributed by atoms with Crippen LogP contribution in [0.4, 0.5) is 0 Å². The van der Waals surface area contributed by atoms with Crippen molar-refractivity contribution in [1.82, 2.24) is 4.57 Å². The number of aldehydes is 1. The lowest BCUT2D eigenvalue weighted by molar-refractivity contribution is 0.112. The lowest BCUT2D eigenvalue weighted by Crippen LogP contribution is -1.92. The minimum absolute atomic E-state index is 0.875. The number of ether oxygens (including phenoxy) is 1. The number of aromatic nitrogens is 1. The van der Waals surface area contributed by atoms with Crippen molar-refractivity contribution in [3.05, 3.63) is 100 Å². The van der Waals surface area contributed by atoms with Crippen LogP contribution in [-0.2, 0) is 25.8 Å². The summed E-state index contributed by atoms with van der Waals surface area (Å²) in [7, 11) is 1.72. The van der Waals surface area contributed by atoms with Crippen LogP contribution in [0, 0.1) is 0 Å². The summed E-state index contributed by atoms with van der Waals surface area (Å²) in [5, 5.41) is 2.61. The Hall–Kier alpha value is -3.97. The van der Waals surface area contributed by atoms with Crippen LogP contribution in [0.25, 0.3) is 62.9 Å². The van der Waals surface area contributed by atoms with Crippen molar-refractivity contribution in [2.45, 2.75) is 131 Å². The molecule has 0 spiro atoms. The largest absolute Gasteiger partial charge is 0.497 e. The number of nitrogens with zero attached hydrogens (tertiary/aromatic N) is 1. The number of hydrogen-bond donors (Lipinski definition) is 0. The summed E-state index contributed by atoms with van der Waals surface area (Å²) in [6, 6.07) is 29.9. The minimum Gasteiger partial charge on any atom is -0.497 e. The predicted octanol–water partition coefficient (Wildman–Crippen LogP) is 16.9. The third-order valence-electron chi connectivity index (χ3n) is 11.8. The van der Waals surface area contributed by atoms with Gasteiger partial charge < -0.3 is 9.30 Å². The molecular weight excluding hydrogens is 767 g/mol. The summed E-state index contributed by atoms with van der Waals surface area (Å²) in [6.45, 7) is 10.0. The molecule has 0 aliphatic carbocycles. The summed E-state index contributed by atoms with van der Waals surface area (Å²) in [6.07, 6.45) is 19.2. The summed E-state index contributed by atoms with van der Waals surface area (Å²) in [5.74, 6) is 0.875. The van der Waals surface area contributed by atoms with Gasteiger partial charge in [-0.3, -0.25) is 4.79 Å². The molecule has 0 aliphatic rings. The molecule has 0 saturated heterocycles. The second-order valence-electron chi connectivity index (χ2n) is 15.9. The first-order valence-corrected chi connectivity index (χ1v) is 24.5. The zero-order valence-corrected chi connectivity index (χ0v) is 37.8. The molecule has 304 valence electrons. The number of carbonyl (C=O) groups excluding carboxylic acids is 1. The van der Waals surface area contributed by atoms with Gasteiger partial charge in [0.05, 0.1) is 12.0 Å². The average Bonchev–Trinajstić information content (AvgIpc) is 4.05. The van der Waals surface area contributed by atoms with E-state index < -0.39 is 0 Å². The Morgan fingerprint density at radius 2 is 1.00 bits per heavy atom. The number of fused-ring (bicyclic) bond motifs is 3. The van der Waals surface area contributed by atoms with E-state index >= 15 is 0 Å². The van der Waals surface area contributed by atoms with Gasteiger partial charge >= 0.3 is 0 Å². The fourth-order valence-electron chi connectivity index (χ4n) is 8.54. The van der Waals surface area contributed by atoms with Gasteiger partial charge in [-0.15, -0.1) is 34.0 Å². The van der Waals surface area contributed by atoms with Crippen LogP contribution in [0.2, 0.25) is 0 Å². The molecule has 4 aromatic heterocycles. The molecule has 0 N–H and O–H groups in total. The van der Waals surface area contributed by atoms with E-state index in [1.54, 1.807) is 18.4 Å². The van der Waals surface area contributed by atoms with Crippen molar-refractivity contribution in [2.24, 2.45) is 0 Å². The zero-order chi connectivity index (χ0) is 40.4. The Kier molecular flexibility index (Phi) is 14.8. The number of thiophene rings is 3. The summed E-state index contributed by atoms with van der Waals surface area (Å²) >= 11 is 5.66. The highest BCUT2D eigenvalue weighted by atomic mass is 32.1. The molecular formula is C52H61NO2S3. The molecule has 6 heteroatoms. The van der Waals surface area contributed by atoms with Gasteiger partial charge in [0.25, 0.3) is 0 Å². The number of benzene rings is 3. The molecule has 0 radical (unpaired) electrons. The van der Waals surface area contributed by atoms with Crippen molar-refractivity contribution in [1.29, 1.82) is 0 Å². The van der Waals surface area contributed by atoms with Crippen molar-refractivity contribution >= 4 is 62.1 Å². The first-order valence-electron chi connectivity index (χ1n) is 22.0. The topological polar surface area (TPSA) is 31.2 Å². The molecule has 0 bridgehead atoms. The summed E-state index contributed by atoms with van der Waals surface area (Å²) in [4.78, 5) is 20.1. The van der Waals surface area contributed by atoms with E-state index in [-0.39, 0.29) is 0 Å². The summed E-state index contributed by atoms with van der Waals surface area (Å²) < 4.78 is 7.90. The molecule has 0 aliphatic heterocycles. The Balaban J connectivity index is 1.29. The highest BCUT2D eigenvalue weighted by Gasteiger charge is 2.21. The van der Waals surface area contributed by atoms with Crippen LogP contribution < -0.4 is 4.74 Å². The molecule has 58 heavy (non-hydrogen) atoms. The first kappa shape index (κ1) is 42.2. The maximum absolute atomic E-state index is 12.3. The molecule has 0 amide bonds. The monoisotopic (exact) mass is 827 g/mol. The number of aryl methyl sites for hydroxylation is 4. The fourth-order valence-corrected chi connectivity index (χ4v) is 12.3.